The minimum Gasteiger partial charge on any atom is -0.396 e. The van der Waals surface area contributed by atoms with E-state index in [9.17, 15) is 9.90 Å². The van der Waals surface area contributed by atoms with Gasteiger partial charge in [0.1, 0.15) is 0 Å². The molecular weight excluding hydrogens is 252 g/mol. The molecule has 0 aromatic rings. The molecule has 0 radical (unpaired) electrons. The second-order valence-electron chi connectivity index (χ2n) is 7.01. The Balaban J connectivity index is 2.53. The maximum absolute atomic E-state index is 12.1. The van der Waals surface area contributed by atoms with E-state index in [2.05, 4.69) is 37.9 Å². The Bertz CT molecular complexity index is 314. The predicted octanol–water partition coefficient (Wildman–Crippen LogP) is 2.17. The molecule has 2 N–H and O–H groups in total. The molecule has 1 atom stereocenters. The van der Waals surface area contributed by atoms with Crippen LogP contribution >= 0.6 is 0 Å². The molecule has 1 aliphatic heterocycles. The van der Waals surface area contributed by atoms with Crippen LogP contribution in [0, 0.1) is 5.41 Å². The molecule has 1 aliphatic rings. The molecule has 0 aromatic heterocycles. The van der Waals surface area contributed by atoms with Crippen LogP contribution < -0.4 is 5.32 Å². The smallest absolute Gasteiger partial charge is 0.234 e. The standard InChI is InChI=1S/C16H32N2O2/c1-5-8-16(13-19)9-7-10-18(12-16)11-14(20)17-15(3,4)6-2/h19H,5-13H2,1-4H3,(H,17,20). The average Bonchev–Trinajstić information content (AvgIpc) is 2.38. The van der Waals surface area contributed by atoms with Crippen molar-refractivity contribution in [2.45, 2.75) is 65.3 Å². The van der Waals surface area contributed by atoms with Gasteiger partial charge in [-0.25, -0.2) is 0 Å². The third-order valence-electron chi connectivity index (χ3n) is 4.59. The number of nitrogens with one attached hydrogen (secondary N) is 1. The van der Waals surface area contributed by atoms with Gasteiger partial charge in [0, 0.05) is 24.1 Å². The molecule has 1 unspecified atom stereocenters. The van der Waals surface area contributed by atoms with Gasteiger partial charge in [-0.05, 0) is 46.1 Å². The third kappa shape index (κ3) is 5.06. The Kier molecular flexibility index (Phi) is 6.46. The number of aliphatic hydroxyl groups is 1. The van der Waals surface area contributed by atoms with E-state index in [1.54, 1.807) is 0 Å². The number of carbonyl (C=O) groups excluding carboxylic acids is 1. The molecule has 0 bridgehead atoms. The quantitative estimate of drug-likeness (QED) is 0.753. The van der Waals surface area contributed by atoms with Crippen molar-refractivity contribution in [3.63, 3.8) is 0 Å². The number of hydrogen-bond donors (Lipinski definition) is 2. The van der Waals surface area contributed by atoms with Crippen molar-refractivity contribution in [2.24, 2.45) is 5.41 Å². The van der Waals surface area contributed by atoms with Crippen molar-refractivity contribution < 1.29 is 9.90 Å². The topological polar surface area (TPSA) is 52.6 Å². The summed E-state index contributed by atoms with van der Waals surface area (Å²) in [5, 5.41) is 12.8. The van der Waals surface area contributed by atoms with Gasteiger partial charge in [-0.2, -0.15) is 0 Å². The van der Waals surface area contributed by atoms with Crippen molar-refractivity contribution in [1.82, 2.24) is 10.2 Å². The number of nitrogens with zero attached hydrogens (tertiary/aromatic N) is 1. The van der Waals surface area contributed by atoms with Crippen molar-refractivity contribution >= 4 is 5.91 Å². The van der Waals surface area contributed by atoms with Crippen LogP contribution in [-0.4, -0.2) is 47.7 Å². The fraction of sp³-hybridized carbons (Fsp3) is 0.938. The highest BCUT2D eigenvalue weighted by Crippen LogP contribution is 2.33. The first-order chi connectivity index (χ1) is 9.36. The van der Waals surface area contributed by atoms with Gasteiger partial charge in [-0.1, -0.05) is 20.3 Å². The zero-order valence-electron chi connectivity index (χ0n) is 13.7. The molecule has 0 aromatic carbocycles. The molecule has 0 saturated carbocycles. The van der Waals surface area contributed by atoms with Gasteiger partial charge in [0.25, 0.3) is 0 Å². The molecular formula is C16H32N2O2. The van der Waals surface area contributed by atoms with Crippen LogP contribution in [0.5, 0.6) is 0 Å². The van der Waals surface area contributed by atoms with Gasteiger partial charge in [-0.15, -0.1) is 0 Å². The molecule has 1 saturated heterocycles. The van der Waals surface area contributed by atoms with Crippen LogP contribution in [-0.2, 0) is 4.79 Å². The summed E-state index contributed by atoms with van der Waals surface area (Å²) >= 11 is 0. The Morgan fingerprint density at radius 2 is 2.10 bits per heavy atom. The Morgan fingerprint density at radius 3 is 2.65 bits per heavy atom. The van der Waals surface area contributed by atoms with Gasteiger partial charge < -0.3 is 10.4 Å². The largest absolute Gasteiger partial charge is 0.396 e. The SMILES string of the molecule is CCCC1(CO)CCCN(CC(=O)NC(C)(C)CC)C1. The summed E-state index contributed by atoms with van der Waals surface area (Å²) in [6, 6.07) is 0. The van der Waals surface area contributed by atoms with Crippen LogP contribution in [0.15, 0.2) is 0 Å². The first-order valence-electron chi connectivity index (χ1n) is 8.00. The lowest BCUT2D eigenvalue weighted by atomic mass is 9.77. The number of likely N-dealkylation sites (tertiary alicyclic amines) is 1. The Morgan fingerprint density at radius 1 is 1.40 bits per heavy atom. The highest BCUT2D eigenvalue weighted by Gasteiger charge is 2.34. The fourth-order valence-electron chi connectivity index (χ4n) is 3.10. The molecule has 4 nitrogen and oxygen atoms in total. The fourth-order valence-corrected chi connectivity index (χ4v) is 3.10. The molecule has 1 rings (SSSR count). The monoisotopic (exact) mass is 284 g/mol. The highest BCUT2D eigenvalue weighted by molar-refractivity contribution is 5.78. The van der Waals surface area contributed by atoms with E-state index in [0.717, 1.165) is 45.2 Å². The molecule has 0 aliphatic carbocycles. The normalized spacial score (nSPS) is 24.6. The summed E-state index contributed by atoms with van der Waals surface area (Å²) in [4.78, 5) is 14.3. The summed E-state index contributed by atoms with van der Waals surface area (Å²) in [5.74, 6) is 0.0992. The van der Waals surface area contributed by atoms with E-state index < -0.39 is 0 Å². The van der Waals surface area contributed by atoms with Crippen LogP contribution in [0.25, 0.3) is 0 Å². The first kappa shape index (κ1) is 17.4. The lowest BCUT2D eigenvalue weighted by Gasteiger charge is -2.42. The van der Waals surface area contributed by atoms with E-state index in [0.29, 0.717) is 6.54 Å². The van der Waals surface area contributed by atoms with E-state index in [1.807, 2.05) is 0 Å². The zero-order valence-corrected chi connectivity index (χ0v) is 13.7. The highest BCUT2D eigenvalue weighted by atomic mass is 16.3. The second-order valence-corrected chi connectivity index (χ2v) is 7.01. The first-order valence-corrected chi connectivity index (χ1v) is 8.00. The minimum absolute atomic E-state index is 0.00749. The van der Waals surface area contributed by atoms with Crippen LogP contribution in [0.1, 0.15) is 59.8 Å². The minimum atomic E-state index is -0.135. The molecule has 1 amide bonds. The van der Waals surface area contributed by atoms with Gasteiger partial charge in [0.2, 0.25) is 5.91 Å². The molecule has 1 fully saturated rings. The lowest BCUT2D eigenvalue weighted by Crippen LogP contribution is -2.51. The van der Waals surface area contributed by atoms with Crippen molar-refractivity contribution in [2.75, 3.05) is 26.2 Å². The van der Waals surface area contributed by atoms with Crippen molar-refractivity contribution in [3.8, 4) is 0 Å². The van der Waals surface area contributed by atoms with Gasteiger partial charge in [0.05, 0.1) is 6.54 Å². The van der Waals surface area contributed by atoms with E-state index in [1.165, 1.54) is 0 Å². The summed E-state index contributed by atoms with van der Waals surface area (Å²) < 4.78 is 0. The molecule has 4 heteroatoms. The van der Waals surface area contributed by atoms with Crippen LogP contribution in [0.3, 0.4) is 0 Å². The Hall–Kier alpha value is -0.610. The lowest BCUT2D eigenvalue weighted by molar-refractivity contribution is -0.125. The van der Waals surface area contributed by atoms with Gasteiger partial charge in [-0.3, -0.25) is 9.69 Å². The number of hydrogen-bond acceptors (Lipinski definition) is 3. The van der Waals surface area contributed by atoms with E-state index >= 15 is 0 Å². The molecule has 20 heavy (non-hydrogen) atoms. The van der Waals surface area contributed by atoms with Gasteiger partial charge >= 0.3 is 0 Å². The molecule has 1 heterocycles. The van der Waals surface area contributed by atoms with Crippen molar-refractivity contribution in [3.05, 3.63) is 0 Å². The zero-order chi connectivity index (χ0) is 15.2. The van der Waals surface area contributed by atoms with Crippen LogP contribution in [0.4, 0.5) is 0 Å². The summed E-state index contributed by atoms with van der Waals surface area (Å²) in [6.07, 6.45) is 5.21. The maximum atomic E-state index is 12.1. The second kappa shape index (κ2) is 7.41. The number of amides is 1. The summed E-state index contributed by atoms with van der Waals surface area (Å²) in [7, 11) is 0. The number of piperidine rings is 1. The predicted molar refractivity (Wildman–Crippen MR) is 82.6 cm³/mol. The number of rotatable bonds is 7. The van der Waals surface area contributed by atoms with Gasteiger partial charge in [0.15, 0.2) is 0 Å². The summed E-state index contributed by atoms with van der Waals surface area (Å²) in [5.41, 5.74) is -0.127. The Labute approximate surface area is 123 Å². The van der Waals surface area contributed by atoms with Crippen molar-refractivity contribution in [1.29, 1.82) is 0 Å². The maximum Gasteiger partial charge on any atom is 0.234 e. The van der Waals surface area contributed by atoms with Crippen LogP contribution in [0.2, 0.25) is 0 Å². The number of aliphatic hydroxyl groups excluding tert-OH is 1. The third-order valence-corrected chi connectivity index (χ3v) is 4.59. The van der Waals surface area contributed by atoms with E-state index in [4.69, 9.17) is 0 Å². The molecule has 0 spiro atoms. The summed E-state index contributed by atoms with van der Waals surface area (Å²) in [6.45, 7) is 10.8. The number of carbonyl (C=O) groups is 1. The molecule has 118 valence electrons. The average molecular weight is 284 g/mol. The van der Waals surface area contributed by atoms with E-state index in [-0.39, 0.29) is 23.5 Å².